The highest BCUT2D eigenvalue weighted by Crippen LogP contribution is 2.38. The minimum Gasteiger partial charge on any atom is -0.350 e. The maximum Gasteiger partial charge on any atom is 0.221 e. The van der Waals surface area contributed by atoms with Gasteiger partial charge in [0.25, 0.3) is 0 Å². The fraction of sp³-hybridized carbons (Fsp3) is 0.579. The van der Waals surface area contributed by atoms with Crippen molar-refractivity contribution in [1.29, 1.82) is 0 Å². The molecule has 24 heavy (non-hydrogen) atoms. The van der Waals surface area contributed by atoms with Gasteiger partial charge in [0.1, 0.15) is 0 Å². The van der Waals surface area contributed by atoms with Gasteiger partial charge in [0.05, 0.1) is 6.04 Å². The molecule has 1 fully saturated rings. The van der Waals surface area contributed by atoms with Crippen LogP contribution in [0, 0.1) is 5.41 Å². The first-order valence-electron chi connectivity index (χ1n) is 8.81. The van der Waals surface area contributed by atoms with Crippen LogP contribution in [-0.2, 0) is 9.59 Å². The molecule has 1 aromatic carbocycles. The molecule has 1 atom stereocenters. The molecule has 1 aliphatic rings. The number of nitrogens with two attached hydrogens (primary N) is 1. The summed E-state index contributed by atoms with van der Waals surface area (Å²) in [6.07, 6.45) is 6.17. The van der Waals surface area contributed by atoms with E-state index < -0.39 is 0 Å². The van der Waals surface area contributed by atoms with E-state index in [-0.39, 0.29) is 23.3 Å². The number of hydrogen-bond donors (Lipinski definition) is 3. The van der Waals surface area contributed by atoms with Gasteiger partial charge in [-0.15, -0.1) is 0 Å². The number of carbonyl (C=O) groups excluding carboxylic acids is 2. The lowest BCUT2D eigenvalue weighted by Gasteiger charge is -2.36. The predicted molar refractivity (Wildman–Crippen MR) is 96.5 cm³/mol. The minimum atomic E-state index is -0.107. The molecule has 2 amide bonds. The molecule has 1 aliphatic carbocycles. The monoisotopic (exact) mass is 331 g/mol. The van der Waals surface area contributed by atoms with Crippen molar-refractivity contribution in [1.82, 2.24) is 5.32 Å². The summed E-state index contributed by atoms with van der Waals surface area (Å²) in [5.74, 6) is -0.0502. The Hall–Kier alpha value is -1.88. The van der Waals surface area contributed by atoms with E-state index >= 15 is 0 Å². The van der Waals surface area contributed by atoms with Crippen molar-refractivity contribution in [3.8, 4) is 0 Å². The minimum absolute atomic E-state index is 0.0277. The van der Waals surface area contributed by atoms with Gasteiger partial charge in [0, 0.05) is 19.0 Å². The molecule has 5 nitrogen and oxygen atoms in total. The van der Waals surface area contributed by atoms with Crippen LogP contribution >= 0.6 is 0 Å². The highest BCUT2D eigenvalue weighted by Gasteiger charge is 2.33. The normalized spacial score (nSPS) is 17.8. The third-order valence-corrected chi connectivity index (χ3v) is 4.97. The molecule has 4 N–H and O–H groups in total. The van der Waals surface area contributed by atoms with Gasteiger partial charge in [0.15, 0.2) is 0 Å². The van der Waals surface area contributed by atoms with Crippen LogP contribution in [0.2, 0.25) is 0 Å². The van der Waals surface area contributed by atoms with Crippen LogP contribution < -0.4 is 16.4 Å². The van der Waals surface area contributed by atoms with Crippen molar-refractivity contribution in [2.75, 3.05) is 11.9 Å². The maximum atomic E-state index is 12.5. The van der Waals surface area contributed by atoms with Crippen LogP contribution in [0.1, 0.15) is 64.0 Å². The van der Waals surface area contributed by atoms with Crippen molar-refractivity contribution >= 4 is 17.5 Å². The van der Waals surface area contributed by atoms with Crippen LogP contribution in [0.15, 0.2) is 24.3 Å². The van der Waals surface area contributed by atoms with E-state index in [1.807, 2.05) is 31.2 Å². The predicted octanol–water partition coefficient (Wildman–Crippen LogP) is 3.12. The van der Waals surface area contributed by atoms with Crippen LogP contribution in [0.3, 0.4) is 0 Å². The average molecular weight is 331 g/mol. The van der Waals surface area contributed by atoms with Gasteiger partial charge < -0.3 is 16.4 Å². The molecule has 5 heteroatoms. The van der Waals surface area contributed by atoms with Gasteiger partial charge >= 0.3 is 0 Å². The van der Waals surface area contributed by atoms with Gasteiger partial charge in [-0.25, -0.2) is 0 Å². The second-order valence-electron chi connectivity index (χ2n) is 7.04. The third-order valence-electron chi connectivity index (χ3n) is 4.97. The molecule has 0 aliphatic heterocycles. The molecule has 2 rings (SSSR count). The molecule has 0 aromatic heterocycles. The maximum absolute atomic E-state index is 12.5. The third kappa shape index (κ3) is 5.06. The molecule has 0 bridgehead atoms. The Balaban J connectivity index is 1.97. The zero-order valence-corrected chi connectivity index (χ0v) is 14.7. The number of carbonyl (C=O) groups is 2. The fourth-order valence-corrected chi connectivity index (χ4v) is 3.56. The van der Waals surface area contributed by atoms with E-state index in [0.29, 0.717) is 13.0 Å². The first kappa shape index (κ1) is 18.5. The lowest BCUT2D eigenvalue weighted by atomic mass is 9.71. The number of nitrogens with one attached hydrogen (secondary N) is 2. The lowest BCUT2D eigenvalue weighted by molar-refractivity contribution is -0.124. The Bertz CT molecular complexity index is 580. The van der Waals surface area contributed by atoms with E-state index in [9.17, 15) is 9.59 Å². The standard InChI is InChI=1S/C19H29N3O2/c1-14(16-7-6-8-17(11-16)22-15(2)23)21-18(24)12-19(13-20)9-4-3-5-10-19/h6-8,11,14H,3-5,9-10,12-13,20H2,1-2H3,(H,21,24)(H,22,23). The number of benzene rings is 1. The average Bonchev–Trinajstić information content (AvgIpc) is 2.55. The Morgan fingerprint density at radius 2 is 1.96 bits per heavy atom. The Kier molecular flexibility index (Phi) is 6.37. The van der Waals surface area contributed by atoms with Gasteiger partial charge in [-0.1, -0.05) is 31.4 Å². The summed E-state index contributed by atoms with van der Waals surface area (Å²) in [6, 6.07) is 7.46. The van der Waals surface area contributed by atoms with Gasteiger partial charge in [0.2, 0.25) is 11.8 Å². The fourth-order valence-electron chi connectivity index (χ4n) is 3.56. The highest BCUT2D eigenvalue weighted by molar-refractivity contribution is 5.88. The second kappa shape index (κ2) is 8.29. The molecular formula is C19H29N3O2. The zero-order valence-electron chi connectivity index (χ0n) is 14.7. The molecule has 1 unspecified atom stereocenters. The molecule has 1 aromatic rings. The molecule has 0 heterocycles. The quantitative estimate of drug-likeness (QED) is 0.749. The van der Waals surface area contributed by atoms with Crippen LogP contribution in [0.5, 0.6) is 0 Å². The number of rotatable bonds is 6. The molecule has 1 saturated carbocycles. The molecule has 132 valence electrons. The van der Waals surface area contributed by atoms with Gasteiger partial charge in [-0.05, 0) is 49.4 Å². The number of amides is 2. The first-order valence-corrected chi connectivity index (χ1v) is 8.81. The first-order chi connectivity index (χ1) is 11.4. The van der Waals surface area contributed by atoms with Gasteiger partial charge in [-0.3, -0.25) is 9.59 Å². The van der Waals surface area contributed by atoms with Crippen LogP contribution in [0.4, 0.5) is 5.69 Å². The van der Waals surface area contributed by atoms with Crippen molar-refractivity contribution < 1.29 is 9.59 Å². The summed E-state index contributed by atoms with van der Waals surface area (Å²) < 4.78 is 0. The van der Waals surface area contributed by atoms with E-state index in [0.717, 1.165) is 24.1 Å². The summed E-state index contributed by atoms with van der Waals surface area (Å²) in [4.78, 5) is 23.7. The Morgan fingerprint density at radius 3 is 2.58 bits per heavy atom. The van der Waals surface area contributed by atoms with Gasteiger partial charge in [-0.2, -0.15) is 0 Å². The van der Waals surface area contributed by atoms with Crippen molar-refractivity contribution in [2.45, 2.75) is 58.4 Å². The Labute approximate surface area is 144 Å². The lowest BCUT2D eigenvalue weighted by Crippen LogP contribution is -2.39. The summed E-state index contributed by atoms with van der Waals surface area (Å²) in [5, 5.41) is 5.84. The summed E-state index contributed by atoms with van der Waals surface area (Å²) in [6.45, 7) is 4.02. The second-order valence-corrected chi connectivity index (χ2v) is 7.04. The largest absolute Gasteiger partial charge is 0.350 e. The molecule has 0 spiro atoms. The number of hydrogen-bond acceptors (Lipinski definition) is 3. The summed E-state index contributed by atoms with van der Waals surface area (Å²) >= 11 is 0. The van der Waals surface area contributed by atoms with E-state index in [1.54, 1.807) is 0 Å². The smallest absolute Gasteiger partial charge is 0.221 e. The topological polar surface area (TPSA) is 84.2 Å². The van der Waals surface area contributed by atoms with E-state index in [4.69, 9.17) is 5.73 Å². The molecule has 0 radical (unpaired) electrons. The zero-order chi connectivity index (χ0) is 17.6. The summed E-state index contributed by atoms with van der Waals surface area (Å²) in [7, 11) is 0. The van der Waals surface area contributed by atoms with Crippen LogP contribution in [-0.4, -0.2) is 18.4 Å². The summed E-state index contributed by atoms with van der Waals surface area (Å²) in [5.41, 5.74) is 7.66. The highest BCUT2D eigenvalue weighted by atomic mass is 16.2. The van der Waals surface area contributed by atoms with Crippen molar-refractivity contribution in [2.24, 2.45) is 11.1 Å². The number of anilines is 1. The Morgan fingerprint density at radius 1 is 1.25 bits per heavy atom. The van der Waals surface area contributed by atoms with Crippen LogP contribution in [0.25, 0.3) is 0 Å². The molecule has 0 saturated heterocycles. The van der Waals surface area contributed by atoms with Crippen molar-refractivity contribution in [3.63, 3.8) is 0 Å². The SMILES string of the molecule is CC(=O)Nc1cccc(C(C)NC(=O)CC2(CN)CCCCC2)c1. The van der Waals surface area contributed by atoms with E-state index in [2.05, 4.69) is 10.6 Å². The molecular weight excluding hydrogens is 302 g/mol. The van der Waals surface area contributed by atoms with E-state index in [1.165, 1.54) is 26.2 Å². The van der Waals surface area contributed by atoms with Crippen molar-refractivity contribution in [3.05, 3.63) is 29.8 Å².